The van der Waals surface area contributed by atoms with E-state index in [0.29, 0.717) is 24.7 Å². The molecule has 0 amide bonds. The molecule has 1 heterocycles. The van der Waals surface area contributed by atoms with E-state index in [4.69, 9.17) is 11.6 Å². The van der Waals surface area contributed by atoms with Gasteiger partial charge in [0.2, 0.25) is 10.0 Å². The highest BCUT2D eigenvalue weighted by Crippen LogP contribution is 2.28. The van der Waals surface area contributed by atoms with E-state index in [2.05, 4.69) is 5.32 Å². The van der Waals surface area contributed by atoms with E-state index in [1.54, 1.807) is 4.31 Å². The summed E-state index contributed by atoms with van der Waals surface area (Å²) in [6, 6.07) is 4.49. The van der Waals surface area contributed by atoms with Crippen LogP contribution in [0, 0.1) is 11.7 Å². The third-order valence-electron chi connectivity index (χ3n) is 4.57. The third kappa shape index (κ3) is 5.30. The van der Waals surface area contributed by atoms with Gasteiger partial charge in [0.1, 0.15) is 5.82 Å². The molecule has 0 atom stereocenters. The van der Waals surface area contributed by atoms with Crippen molar-refractivity contribution in [3.8, 4) is 0 Å². The van der Waals surface area contributed by atoms with Gasteiger partial charge in [-0.3, -0.25) is 0 Å². The molecule has 0 aromatic heterocycles. The second-order valence-electron chi connectivity index (χ2n) is 6.53. The molecule has 0 radical (unpaired) electrons. The molecular weight excluding hydrogens is 374 g/mol. The number of rotatable bonds is 6. The van der Waals surface area contributed by atoms with Crippen LogP contribution in [0.4, 0.5) is 4.39 Å². The number of hydrogen-bond donors (Lipinski definition) is 1. The van der Waals surface area contributed by atoms with Crippen LogP contribution < -0.4 is 5.32 Å². The van der Waals surface area contributed by atoms with Crippen molar-refractivity contribution in [1.29, 1.82) is 0 Å². The first-order valence-corrected chi connectivity index (χ1v) is 10.1. The molecule has 1 aromatic rings. The minimum atomic E-state index is -3.38. The van der Waals surface area contributed by atoms with E-state index in [-0.39, 0.29) is 23.2 Å². The van der Waals surface area contributed by atoms with Crippen LogP contribution >= 0.6 is 24.0 Å². The molecule has 136 valence electrons. The summed E-state index contributed by atoms with van der Waals surface area (Å²) >= 11 is 5.72. The Morgan fingerprint density at radius 3 is 2.46 bits per heavy atom. The molecule has 3 rings (SSSR count). The van der Waals surface area contributed by atoms with Crippen LogP contribution in [0.2, 0.25) is 5.02 Å². The average Bonchev–Trinajstić information content (AvgIpc) is 3.33. The van der Waals surface area contributed by atoms with Crippen LogP contribution in [0.25, 0.3) is 0 Å². The van der Waals surface area contributed by atoms with Gasteiger partial charge in [0.25, 0.3) is 0 Å². The standard InChI is InChI=1S/C16H22ClFN2O2S.ClH/c17-15-9-13(3-4-16(15)18)11-23(21,22)20-7-5-14(6-8-20)19-10-12-1-2-12;/h3-4,9,12,14,19H,1-2,5-8,10-11H2;1H. The molecule has 2 aliphatic rings. The molecule has 1 N–H and O–H groups in total. The molecule has 0 spiro atoms. The zero-order valence-corrected chi connectivity index (χ0v) is 15.8. The Morgan fingerprint density at radius 1 is 1.21 bits per heavy atom. The lowest BCUT2D eigenvalue weighted by Crippen LogP contribution is -2.45. The fraction of sp³-hybridized carbons (Fsp3) is 0.625. The van der Waals surface area contributed by atoms with Crippen LogP contribution in [0.5, 0.6) is 0 Å². The Balaban J connectivity index is 0.00000208. The lowest BCUT2D eigenvalue weighted by molar-refractivity contribution is 0.287. The Hall–Kier alpha value is -0.400. The first-order valence-electron chi connectivity index (χ1n) is 8.09. The molecule has 4 nitrogen and oxygen atoms in total. The van der Waals surface area contributed by atoms with E-state index >= 15 is 0 Å². The van der Waals surface area contributed by atoms with Crippen molar-refractivity contribution >= 4 is 34.0 Å². The number of halogens is 3. The van der Waals surface area contributed by atoms with Crippen LogP contribution in [0.1, 0.15) is 31.2 Å². The quantitative estimate of drug-likeness (QED) is 0.802. The second kappa shape index (κ2) is 8.32. The highest BCUT2D eigenvalue weighted by Gasteiger charge is 2.29. The van der Waals surface area contributed by atoms with Crippen molar-refractivity contribution in [2.75, 3.05) is 19.6 Å². The zero-order chi connectivity index (χ0) is 16.4. The van der Waals surface area contributed by atoms with Gasteiger partial charge < -0.3 is 5.32 Å². The number of hydrogen-bond acceptors (Lipinski definition) is 3. The lowest BCUT2D eigenvalue weighted by Gasteiger charge is -2.31. The molecule has 0 bridgehead atoms. The van der Waals surface area contributed by atoms with Crippen molar-refractivity contribution in [3.05, 3.63) is 34.6 Å². The first kappa shape index (κ1) is 19.9. The normalized spacial score (nSPS) is 19.9. The molecule has 0 unspecified atom stereocenters. The highest BCUT2D eigenvalue weighted by atomic mass is 35.5. The van der Waals surface area contributed by atoms with E-state index in [1.807, 2.05) is 0 Å². The van der Waals surface area contributed by atoms with Gasteiger partial charge in [-0.1, -0.05) is 17.7 Å². The number of piperidine rings is 1. The Bertz CT molecular complexity index is 660. The third-order valence-corrected chi connectivity index (χ3v) is 6.71. The van der Waals surface area contributed by atoms with E-state index in [9.17, 15) is 12.8 Å². The molecule has 2 fully saturated rings. The van der Waals surface area contributed by atoms with Gasteiger partial charge in [-0.05, 0) is 55.8 Å². The number of sulfonamides is 1. The minimum absolute atomic E-state index is 0. The Kier molecular flexibility index (Phi) is 6.90. The Morgan fingerprint density at radius 2 is 1.88 bits per heavy atom. The second-order valence-corrected chi connectivity index (χ2v) is 8.91. The van der Waals surface area contributed by atoms with Gasteiger partial charge in [-0.2, -0.15) is 0 Å². The van der Waals surface area contributed by atoms with Crippen molar-refractivity contribution in [2.45, 2.75) is 37.5 Å². The van der Waals surface area contributed by atoms with Crippen molar-refractivity contribution in [2.24, 2.45) is 5.92 Å². The molecule has 1 aromatic carbocycles. The molecular formula is C16H23Cl2FN2O2S. The summed E-state index contributed by atoms with van der Waals surface area (Å²) in [6.45, 7) is 2.14. The van der Waals surface area contributed by atoms with Gasteiger partial charge in [0.15, 0.2) is 0 Å². The first-order chi connectivity index (χ1) is 10.9. The predicted octanol–water partition coefficient (Wildman–Crippen LogP) is 3.19. The summed E-state index contributed by atoms with van der Waals surface area (Å²) in [5.74, 6) is 0.169. The minimum Gasteiger partial charge on any atom is -0.314 e. The van der Waals surface area contributed by atoms with Gasteiger partial charge in [-0.15, -0.1) is 12.4 Å². The largest absolute Gasteiger partial charge is 0.314 e. The van der Waals surface area contributed by atoms with Crippen molar-refractivity contribution in [3.63, 3.8) is 0 Å². The molecule has 8 heteroatoms. The number of nitrogens with one attached hydrogen (secondary N) is 1. The number of benzene rings is 1. The molecule has 24 heavy (non-hydrogen) atoms. The maximum atomic E-state index is 13.2. The summed E-state index contributed by atoms with van der Waals surface area (Å²) in [6.07, 6.45) is 4.33. The molecule has 1 aliphatic heterocycles. The lowest BCUT2D eigenvalue weighted by atomic mass is 10.1. The van der Waals surface area contributed by atoms with Crippen molar-refractivity contribution in [1.82, 2.24) is 9.62 Å². The fourth-order valence-corrected chi connectivity index (χ4v) is 4.68. The van der Waals surface area contributed by atoms with Crippen LogP contribution in [-0.4, -0.2) is 38.4 Å². The maximum Gasteiger partial charge on any atom is 0.218 e. The van der Waals surface area contributed by atoms with E-state index in [0.717, 1.165) is 25.3 Å². The van der Waals surface area contributed by atoms with E-state index in [1.165, 1.54) is 31.0 Å². The fourth-order valence-electron chi connectivity index (χ4n) is 2.92. The smallest absolute Gasteiger partial charge is 0.218 e. The van der Waals surface area contributed by atoms with Gasteiger partial charge in [-0.25, -0.2) is 17.1 Å². The summed E-state index contributed by atoms with van der Waals surface area (Å²) in [5.41, 5.74) is 0.519. The SMILES string of the molecule is Cl.O=S(=O)(Cc1ccc(F)c(Cl)c1)N1CCC(NCC2CC2)CC1. The van der Waals surface area contributed by atoms with Gasteiger partial charge in [0.05, 0.1) is 10.8 Å². The highest BCUT2D eigenvalue weighted by molar-refractivity contribution is 7.88. The monoisotopic (exact) mass is 396 g/mol. The van der Waals surface area contributed by atoms with E-state index < -0.39 is 15.8 Å². The van der Waals surface area contributed by atoms with Crippen LogP contribution in [-0.2, 0) is 15.8 Å². The van der Waals surface area contributed by atoms with Crippen LogP contribution in [0.15, 0.2) is 18.2 Å². The summed E-state index contributed by atoms with van der Waals surface area (Å²) in [5, 5.41) is 3.50. The summed E-state index contributed by atoms with van der Waals surface area (Å²) < 4.78 is 39.7. The number of nitrogens with zero attached hydrogens (tertiary/aromatic N) is 1. The van der Waals surface area contributed by atoms with Gasteiger partial charge >= 0.3 is 0 Å². The van der Waals surface area contributed by atoms with Crippen LogP contribution in [0.3, 0.4) is 0 Å². The average molecular weight is 397 g/mol. The maximum absolute atomic E-state index is 13.2. The molecule has 1 saturated carbocycles. The van der Waals surface area contributed by atoms with Gasteiger partial charge in [0, 0.05) is 19.1 Å². The topological polar surface area (TPSA) is 49.4 Å². The zero-order valence-electron chi connectivity index (χ0n) is 13.4. The predicted molar refractivity (Wildman–Crippen MR) is 96.6 cm³/mol. The summed E-state index contributed by atoms with van der Waals surface area (Å²) in [4.78, 5) is 0. The Labute approximate surface area is 154 Å². The molecule has 1 aliphatic carbocycles. The molecule has 1 saturated heterocycles. The van der Waals surface area contributed by atoms with Crippen molar-refractivity contribution < 1.29 is 12.8 Å². The summed E-state index contributed by atoms with van der Waals surface area (Å²) in [7, 11) is -3.38.